The van der Waals surface area contributed by atoms with Crippen LogP contribution >= 0.6 is 11.6 Å². The van der Waals surface area contributed by atoms with Crippen molar-refractivity contribution in [1.82, 2.24) is 40.3 Å². The Labute approximate surface area is 604 Å². The van der Waals surface area contributed by atoms with Gasteiger partial charge in [-0.15, -0.1) is 0 Å². The molecule has 0 radical (unpaired) electrons. The Morgan fingerprint density at radius 1 is 0.485 bits per heavy atom. The molecule has 572 valence electrons. The maximum Gasteiger partial charge on any atom is 0.417 e. The number of carbonyl (C=O) groups excluding carboxylic acids is 4. The molecule has 7 aliphatic heterocycles. The molecule has 0 bridgehead atoms. The molecule has 8 atom stereocenters. The van der Waals surface area contributed by atoms with Crippen molar-refractivity contribution in [1.29, 1.82) is 0 Å². The molecule has 12 heterocycles. The Kier molecular flexibility index (Phi) is 26.8. The second kappa shape index (κ2) is 34.3. The van der Waals surface area contributed by atoms with Crippen molar-refractivity contribution in [2.45, 2.75) is 230 Å². The Morgan fingerprint density at radius 3 is 1.28 bits per heavy atom. The van der Waals surface area contributed by atoms with Gasteiger partial charge in [0, 0.05) is 143 Å². The number of alkyl halides is 3. The first-order chi connectivity index (χ1) is 48.4. The molecule has 32 heteroatoms. The maximum atomic E-state index is 12.8. The second-order valence-corrected chi connectivity index (χ2v) is 32.5. The number of anilines is 5. The van der Waals surface area contributed by atoms with E-state index in [2.05, 4.69) is 61.6 Å². The minimum absolute atomic E-state index is 0.000181. The van der Waals surface area contributed by atoms with Crippen molar-refractivity contribution < 1.29 is 85.1 Å². The summed E-state index contributed by atoms with van der Waals surface area (Å²) >= 11 is 6.00. The molecule has 0 spiro atoms. The van der Waals surface area contributed by atoms with Gasteiger partial charge >= 0.3 is 6.18 Å². The molecule has 28 nitrogen and oxygen atoms in total. The van der Waals surface area contributed by atoms with Crippen LogP contribution in [0.25, 0.3) is 0 Å². The van der Waals surface area contributed by atoms with Gasteiger partial charge in [-0.3, -0.25) is 44.5 Å². The van der Waals surface area contributed by atoms with Crippen LogP contribution in [0.4, 0.5) is 42.4 Å². The summed E-state index contributed by atoms with van der Waals surface area (Å²) in [5.41, 5.74) is -0.284. The van der Waals surface area contributed by atoms with Gasteiger partial charge in [0.15, 0.2) is 11.6 Å². The molecule has 7 saturated heterocycles. The number of ether oxygens (including phenoxy) is 3. The number of amides is 4. The molecule has 0 unspecified atom stereocenters. The Balaban J connectivity index is 0.000000160. The number of aromatic nitrogens is 5. The van der Waals surface area contributed by atoms with Crippen molar-refractivity contribution in [3.63, 3.8) is 0 Å². The molecule has 7 aliphatic rings. The molecule has 12 rings (SSSR count). The summed E-state index contributed by atoms with van der Waals surface area (Å²) in [6, 6.07) is 6.04. The first kappa shape index (κ1) is 80.4. The van der Waals surface area contributed by atoms with E-state index in [4.69, 9.17) is 43.9 Å². The van der Waals surface area contributed by atoms with E-state index in [1.807, 2.05) is 83.1 Å². The number of hydrogen-bond donors (Lipinski definition) is 8. The first-order valence-corrected chi connectivity index (χ1v) is 36.0. The highest BCUT2D eigenvalue weighted by molar-refractivity contribution is 6.33. The number of nitrogens with one attached hydrogen (secondary N) is 4. The van der Waals surface area contributed by atoms with E-state index in [1.165, 1.54) is 4.90 Å². The van der Waals surface area contributed by atoms with Gasteiger partial charge in [0.2, 0.25) is 35.4 Å². The van der Waals surface area contributed by atoms with Gasteiger partial charge in [-0.25, -0.2) is 4.98 Å². The molecule has 0 aromatic carbocycles. The largest absolute Gasteiger partial charge is 0.417 e. The summed E-state index contributed by atoms with van der Waals surface area (Å²) in [7, 11) is 0. The predicted octanol–water partition coefficient (Wildman–Crippen LogP) is 8.69. The van der Waals surface area contributed by atoms with Crippen molar-refractivity contribution >= 4 is 64.5 Å². The molecule has 0 aliphatic carbocycles. The average Bonchev–Trinajstić information content (AvgIpc) is 1.72. The maximum absolute atomic E-state index is 12.8. The van der Waals surface area contributed by atoms with E-state index < -0.39 is 48.1 Å². The van der Waals surface area contributed by atoms with Crippen LogP contribution < -0.4 is 26.2 Å². The van der Waals surface area contributed by atoms with E-state index in [-0.39, 0.29) is 93.2 Å². The number of nitrogens with zero attached hydrogens (tertiary/aromatic N) is 9. The molecule has 5 aromatic heterocycles. The molecule has 4 amide bonds. The molecule has 8 N–H and O–H groups in total. The number of pyridine rings is 1. The minimum atomic E-state index is -4.59. The second-order valence-electron chi connectivity index (χ2n) is 32.1. The van der Waals surface area contributed by atoms with Crippen LogP contribution in [-0.2, 0) is 61.2 Å². The van der Waals surface area contributed by atoms with Crippen LogP contribution in [0.1, 0.15) is 176 Å². The Hall–Kier alpha value is -6.65. The topological polar surface area (TPSA) is 355 Å². The summed E-state index contributed by atoms with van der Waals surface area (Å²) < 4.78 is 75.7. The minimum Gasteiger partial charge on any atom is -0.392 e. The van der Waals surface area contributed by atoms with Crippen LogP contribution in [0.3, 0.4) is 0 Å². The third-order valence-corrected chi connectivity index (χ3v) is 19.6. The third kappa shape index (κ3) is 22.5. The quantitative estimate of drug-likeness (QED) is 0.0515. The molecule has 103 heavy (non-hydrogen) atoms. The van der Waals surface area contributed by atoms with Gasteiger partial charge in [-0.2, -0.15) is 13.2 Å². The standard InChI is InChI=1S/C18H20ClF3N4O3.2C18H29N3O4.C17H27N3O4/c1-17(2,3)13-6-14(29-25-13)24-16(28)12-5-10(27)8-26(12)15-11(19)4-9(7-23-15)18(20,21)22;1-18(2,3)15-9-16(20-25-15)19-17(23)14-8-13(22)11-21(14)10-12-4-6-24-7-5-12;1-18(2,3)15-9-16(25-20-15)19-17(23)14-8-13(22)11-21(14)10-12-4-6-24-7-5-12;1-17(2,3)14-9-15(19-24-14)18-16(22)13-8-12(21)10-20(13)11-4-6-23-7-5-11/h4,6-7,10,12,27H,5,8H2,1-3H3,(H,24,28);9,12-14,22H,4-8,10-11H2,1-3H3,(H,19,20,23);9,12-14,22H,4-8,10-11H2,1-3H3,(H,19,23);9,11-13,21H,4-8,10H2,1-3H3,(H,18,19,22)/t10-,12+;2*13-,14+;12-,13+/m1111/s1. The van der Waals surface area contributed by atoms with Crippen LogP contribution in [0.2, 0.25) is 5.02 Å². The average molecular weight is 1470 g/mol. The fourth-order valence-electron chi connectivity index (χ4n) is 13.4. The highest BCUT2D eigenvalue weighted by Crippen LogP contribution is 2.38. The van der Waals surface area contributed by atoms with Gasteiger partial charge < -0.3 is 68.3 Å². The lowest BCUT2D eigenvalue weighted by molar-refractivity contribution is -0.138. The third-order valence-electron chi connectivity index (χ3n) is 19.4. The monoisotopic (exact) mass is 1470 g/mol. The SMILES string of the molecule is CC(C)(C)c1cc(NC(=O)[C@@H]2C[C@@H](O)CN2C2CCOCC2)no1.CC(C)(C)c1cc(NC(=O)[C@@H]2C[C@@H](O)CN2CC2CCOCC2)no1.CC(C)(C)c1cc(NC(=O)[C@@H]2C[C@@H](O)CN2CC2CCOCC2)on1.CC(C)(C)c1cc(NC(=O)[C@@H]2C[C@@H](O)CN2c2ncc(C(F)(F)F)cc2Cl)on1. The van der Waals surface area contributed by atoms with Gasteiger partial charge in [0.1, 0.15) is 23.4 Å². The number of aliphatic hydroxyl groups excluding tert-OH is 4. The van der Waals surface area contributed by atoms with E-state index in [0.29, 0.717) is 93.4 Å². The summed E-state index contributed by atoms with van der Waals surface area (Å²) in [6.07, 6.45) is 1.07. The zero-order valence-electron chi connectivity index (χ0n) is 61.2. The predicted molar refractivity (Wildman–Crippen MR) is 375 cm³/mol. The van der Waals surface area contributed by atoms with E-state index in [0.717, 1.165) is 101 Å². The van der Waals surface area contributed by atoms with Gasteiger partial charge in [-0.05, 0) is 75.7 Å². The number of β-amino-alcohol motifs (C(OH)–C–C–N with tert-alkyl or cyclic N) is 4. The molecule has 7 fully saturated rings. The van der Waals surface area contributed by atoms with Crippen molar-refractivity contribution in [2.75, 3.05) is 105 Å². The van der Waals surface area contributed by atoms with E-state index >= 15 is 0 Å². The van der Waals surface area contributed by atoms with Crippen molar-refractivity contribution in [3.8, 4) is 0 Å². The van der Waals surface area contributed by atoms with Crippen molar-refractivity contribution in [2.24, 2.45) is 11.8 Å². The zero-order valence-corrected chi connectivity index (χ0v) is 61.9. The van der Waals surface area contributed by atoms with Crippen LogP contribution in [0.15, 0.2) is 54.6 Å². The summed E-state index contributed by atoms with van der Waals surface area (Å²) in [5, 5.41) is 66.8. The fraction of sp³-hybridized carbons (Fsp3) is 0.704. The smallest absolute Gasteiger partial charge is 0.392 e. The number of rotatable bonds is 14. The fourth-order valence-corrected chi connectivity index (χ4v) is 13.7. The highest BCUT2D eigenvalue weighted by atomic mass is 35.5. The van der Waals surface area contributed by atoms with Gasteiger partial charge in [0.25, 0.3) is 0 Å². The lowest BCUT2D eigenvalue weighted by Gasteiger charge is -2.34. The number of likely N-dealkylation sites (tertiary alicyclic amines) is 3. The normalized spacial score (nSPS) is 24.6. The first-order valence-electron chi connectivity index (χ1n) is 35.7. The van der Waals surface area contributed by atoms with E-state index in [1.54, 1.807) is 24.3 Å². The summed E-state index contributed by atoms with van der Waals surface area (Å²) in [5.74, 6) is 2.93. The molecule has 0 saturated carbocycles. The van der Waals surface area contributed by atoms with E-state index in [9.17, 15) is 52.8 Å². The van der Waals surface area contributed by atoms with Crippen LogP contribution in [0.5, 0.6) is 0 Å². The van der Waals surface area contributed by atoms with Gasteiger partial charge in [-0.1, -0.05) is 115 Å². The summed E-state index contributed by atoms with van der Waals surface area (Å²) in [6.45, 7) is 31.9. The van der Waals surface area contributed by atoms with Gasteiger partial charge in [0.05, 0.1) is 64.5 Å². The van der Waals surface area contributed by atoms with Crippen LogP contribution in [-0.4, -0.2) is 218 Å². The Bertz CT molecular complexity index is 3480. The summed E-state index contributed by atoms with van der Waals surface area (Å²) in [4.78, 5) is 62.3. The number of hydrogen-bond acceptors (Lipinski definition) is 24. The lowest BCUT2D eigenvalue weighted by atomic mass is 9.92. The molecular weight excluding hydrogens is 1370 g/mol. The van der Waals surface area contributed by atoms with Crippen LogP contribution in [0, 0.1) is 11.8 Å². The highest BCUT2D eigenvalue weighted by Gasteiger charge is 2.44. The lowest BCUT2D eigenvalue weighted by Crippen LogP contribution is -2.47. The molecular formula is C71H105ClF3N13O15. The molecule has 5 aromatic rings. The van der Waals surface area contributed by atoms with Crippen molar-refractivity contribution in [3.05, 3.63) is 70.0 Å². The number of aliphatic hydroxyl groups is 4. The number of carbonyl (C=O) groups is 4. The number of halogens is 4. The zero-order chi connectivity index (χ0) is 74.9. The Morgan fingerprint density at radius 2 is 0.874 bits per heavy atom.